The van der Waals surface area contributed by atoms with Crippen LogP contribution < -0.4 is 11.3 Å². The van der Waals surface area contributed by atoms with Gasteiger partial charge in [0.05, 0.1) is 9.21 Å². The summed E-state index contributed by atoms with van der Waals surface area (Å²) in [5.74, 6) is 0. The molecule has 0 saturated heterocycles. The van der Waals surface area contributed by atoms with Gasteiger partial charge in [-0.05, 0) is 12.1 Å². The molecule has 2 aromatic heterocycles. The quantitative estimate of drug-likeness (QED) is 0.887. The van der Waals surface area contributed by atoms with Crippen LogP contribution in [-0.2, 0) is 13.6 Å². The molecule has 6 heteroatoms. The van der Waals surface area contributed by atoms with Gasteiger partial charge in [-0.3, -0.25) is 4.79 Å². The van der Waals surface area contributed by atoms with Crippen molar-refractivity contribution in [1.29, 1.82) is 0 Å². The van der Waals surface area contributed by atoms with E-state index in [1.807, 2.05) is 6.07 Å². The highest BCUT2D eigenvalue weighted by Crippen LogP contribution is 2.30. The number of hydrogen-bond donors (Lipinski definition) is 1. The van der Waals surface area contributed by atoms with Gasteiger partial charge >= 0.3 is 0 Å². The van der Waals surface area contributed by atoms with Gasteiger partial charge in [0.2, 0.25) is 0 Å². The molecule has 0 radical (unpaired) electrons. The van der Waals surface area contributed by atoms with Crippen molar-refractivity contribution in [3.05, 3.63) is 38.5 Å². The van der Waals surface area contributed by atoms with Crippen LogP contribution in [0.15, 0.2) is 23.0 Å². The van der Waals surface area contributed by atoms with E-state index in [0.717, 1.165) is 16.1 Å². The average Bonchev–Trinajstić information content (AvgIpc) is 2.68. The lowest BCUT2D eigenvalue weighted by atomic mass is 10.2. The molecule has 0 amide bonds. The fraction of sp³-hybridized carbons (Fsp3) is 0.200. The van der Waals surface area contributed by atoms with Crippen LogP contribution in [0.4, 0.5) is 0 Å². The number of rotatable bonds is 2. The summed E-state index contributed by atoms with van der Waals surface area (Å²) in [5.41, 5.74) is 6.90. The lowest BCUT2D eigenvalue weighted by Gasteiger charge is -2.05. The third-order valence-corrected chi connectivity index (χ3v) is 3.44. The monoisotopic (exact) mass is 255 g/mol. The van der Waals surface area contributed by atoms with E-state index in [-0.39, 0.29) is 12.1 Å². The van der Waals surface area contributed by atoms with Crippen LogP contribution in [0.5, 0.6) is 0 Å². The van der Waals surface area contributed by atoms with E-state index in [4.69, 9.17) is 17.3 Å². The van der Waals surface area contributed by atoms with E-state index in [1.165, 1.54) is 22.1 Å². The Bertz CT molecular complexity index is 576. The molecule has 0 spiro atoms. The largest absolute Gasteiger partial charge is 0.326 e. The van der Waals surface area contributed by atoms with E-state index in [1.54, 1.807) is 13.1 Å². The third kappa shape index (κ3) is 2.02. The Morgan fingerprint density at radius 1 is 1.56 bits per heavy atom. The van der Waals surface area contributed by atoms with E-state index in [2.05, 4.69) is 5.10 Å². The van der Waals surface area contributed by atoms with Crippen LogP contribution >= 0.6 is 22.9 Å². The Labute approximate surface area is 101 Å². The van der Waals surface area contributed by atoms with Gasteiger partial charge in [0.15, 0.2) is 0 Å². The maximum Gasteiger partial charge on any atom is 0.266 e. The Balaban J connectivity index is 2.63. The molecule has 2 N–H and O–H groups in total. The molecule has 2 heterocycles. The predicted octanol–water partition coefficient (Wildman–Crippen LogP) is 1.62. The number of thiophene rings is 1. The van der Waals surface area contributed by atoms with Gasteiger partial charge in [-0.15, -0.1) is 11.3 Å². The molecule has 0 atom stereocenters. The Morgan fingerprint density at radius 3 is 2.88 bits per heavy atom. The van der Waals surface area contributed by atoms with E-state index in [0.29, 0.717) is 4.34 Å². The number of aryl methyl sites for hydroxylation is 1. The summed E-state index contributed by atoms with van der Waals surface area (Å²) in [4.78, 5) is 12.3. The normalized spacial score (nSPS) is 10.7. The van der Waals surface area contributed by atoms with Gasteiger partial charge in [-0.25, -0.2) is 4.68 Å². The summed E-state index contributed by atoms with van der Waals surface area (Å²) in [6.07, 6.45) is 0. The maximum atomic E-state index is 11.4. The summed E-state index contributed by atoms with van der Waals surface area (Å²) in [7, 11) is 1.61. The van der Waals surface area contributed by atoms with Crippen LogP contribution in [0, 0.1) is 0 Å². The molecule has 84 valence electrons. The maximum absolute atomic E-state index is 11.4. The zero-order valence-electron chi connectivity index (χ0n) is 8.61. The van der Waals surface area contributed by atoms with Crippen molar-refractivity contribution in [3.63, 3.8) is 0 Å². The molecule has 0 aliphatic heterocycles. The zero-order chi connectivity index (χ0) is 11.7. The van der Waals surface area contributed by atoms with Crippen molar-refractivity contribution in [2.75, 3.05) is 0 Å². The summed E-state index contributed by atoms with van der Waals surface area (Å²) in [6, 6.07) is 5.18. The third-order valence-electron chi connectivity index (χ3n) is 2.20. The number of nitrogens with two attached hydrogens (primary N) is 1. The second-order valence-electron chi connectivity index (χ2n) is 3.29. The minimum Gasteiger partial charge on any atom is -0.326 e. The molecule has 4 nitrogen and oxygen atoms in total. The molecule has 2 rings (SSSR count). The highest BCUT2D eigenvalue weighted by molar-refractivity contribution is 7.19. The van der Waals surface area contributed by atoms with Crippen LogP contribution in [0.1, 0.15) is 5.56 Å². The first-order valence-electron chi connectivity index (χ1n) is 4.65. The molecule has 0 aliphatic rings. The predicted molar refractivity (Wildman–Crippen MR) is 65.7 cm³/mol. The minimum atomic E-state index is -0.160. The average molecular weight is 256 g/mol. The molecule has 0 bridgehead atoms. The standard InChI is InChI=1S/C10H10ClN3OS/c1-14-9(15)4-6(5-12)10(13-14)7-2-3-8(11)16-7/h2-4H,5,12H2,1H3. The topological polar surface area (TPSA) is 60.9 Å². The highest BCUT2D eigenvalue weighted by atomic mass is 35.5. The summed E-state index contributed by atoms with van der Waals surface area (Å²) < 4.78 is 1.98. The first kappa shape index (κ1) is 11.3. The second-order valence-corrected chi connectivity index (χ2v) is 5.00. The summed E-state index contributed by atoms with van der Waals surface area (Å²) in [5, 5.41) is 4.20. The van der Waals surface area contributed by atoms with Crippen molar-refractivity contribution in [1.82, 2.24) is 9.78 Å². The van der Waals surface area contributed by atoms with E-state index < -0.39 is 0 Å². The number of aromatic nitrogens is 2. The van der Waals surface area contributed by atoms with Gasteiger partial charge in [-0.2, -0.15) is 5.10 Å². The number of halogens is 1. The fourth-order valence-electron chi connectivity index (χ4n) is 1.38. The smallest absolute Gasteiger partial charge is 0.266 e. The van der Waals surface area contributed by atoms with Crippen molar-refractivity contribution < 1.29 is 0 Å². The molecule has 0 aliphatic carbocycles. The van der Waals surface area contributed by atoms with Crippen molar-refractivity contribution >= 4 is 22.9 Å². The Kier molecular flexibility index (Phi) is 3.09. The Morgan fingerprint density at radius 2 is 2.31 bits per heavy atom. The summed E-state index contributed by atoms with van der Waals surface area (Å²) >= 11 is 7.28. The van der Waals surface area contributed by atoms with Gasteiger partial charge in [0.25, 0.3) is 5.56 Å². The molecule has 0 saturated carbocycles. The van der Waals surface area contributed by atoms with Gasteiger partial charge in [0, 0.05) is 25.2 Å². The van der Waals surface area contributed by atoms with Crippen LogP contribution in [0.3, 0.4) is 0 Å². The lowest BCUT2D eigenvalue weighted by Crippen LogP contribution is -2.21. The van der Waals surface area contributed by atoms with Crippen molar-refractivity contribution in [2.45, 2.75) is 6.54 Å². The molecular formula is C10H10ClN3OS. The fourth-order valence-corrected chi connectivity index (χ4v) is 2.44. The molecular weight excluding hydrogens is 246 g/mol. The molecule has 16 heavy (non-hydrogen) atoms. The van der Waals surface area contributed by atoms with Crippen LogP contribution in [0.25, 0.3) is 10.6 Å². The Hall–Kier alpha value is -1.17. The zero-order valence-corrected chi connectivity index (χ0v) is 10.2. The SMILES string of the molecule is Cn1nc(-c2ccc(Cl)s2)c(CN)cc1=O. The van der Waals surface area contributed by atoms with E-state index in [9.17, 15) is 4.79 Å². The highest BCUT2D eigenvalue weighted by Gasteiger charge is 2.10. The van der Waals surface area contributed by atoms with Crippen molar-refractivity contribution in [3.8, 4) is 10.6 Å². The molecule has 0 aromatic carbocycles. The van der Waals surface area contributed by atoms with Crippen molar-refractivity contribution in [2.24, 2.45) is 12.8 Å². The second kappa shape index (κ2) is 4.37. The van der Waals surface area contributed by atoms with Gasteiger partial charge in [0.1, 0.15) is 5.69 Å². The minimum absolute atomic E-state index is 0.160. The van der Waals surface area contributed by atoms with Crippen LogP contribution in [-0.4, -0.2) is 9.78 Å². The summed E-state index contributed by atoms with van der Waals surface area (Å²) in [6.45, 7) is 0.286. The molecule has 0 fully saturated rings. The molecule has 2 aromatic rings. The lowest BCUT2D eigenvalue weighted by molar-refractivity contribution is 0.705. The molecule has 0 unspecified atom stereocenters. The number of hydrogen-bond acceptors (Lipinski definition) is 4. The van der Waals surface area contributed by atoms with Gasteiger partial charge in [-0.1, -0.05) is 11.6 Å². The first-order chi connectivity index (χ1) is 7.61. The van der Waals surface area contributed by atoms with Crippen LogP contribution in [0.2, 0.25) is 4.34 Å². The van der Waals surface area contributed by atoms with Gasteiger partial charge < -0.3 is 5.73 Å². The first-order valence-corrected chi connectivity index (χ1v) is 5.84. The van der Waals surface area contributed by atoms with E-state index >= 15 is 0 Å². The number of nitrogens with zero attached hydrogens (tertiary/aromatic N) is 2.